The molecule has 18 heavy (non-hydrogen) atoms. The first-order valence-corrected chi connectivity index (χ1v) is 5.66. The average molecular weight is 250 g/mol. The van der Waals surface area contributed by atoms with Crippen LogP contribution in [0, 0.1) is 0 Å². The van der Waals surface area contributed by atoms with Gasteiger partial charge in [-0.2, -0.15) is 0 Å². The van der Waals surface area contributed by atoms with Crippen molar-refractivity contribution in [1.82, 2.24) is 5.32 Å². The number of hydrogen-bond donors (Lipinski definition) is 2. The Morgan fingerprint density at radius 3 is 2.28 bits per heavy atom. The van der Waals surface area contributed by atoms with Crippen molar-refractivity contribution in [3.05, 3.63) is 30.3 Å². The third-order valence-electron chi connectivity index (χ3n) is 2.77. The van der Waals surface area contributed by atoms with Crippen LogP contribution in [0.3, 0.4) is 0 Å². The zero-order valence-electron chi connectivity index (χ0n) is 10.8. The molecule has 98 valence electrons. The van der Waals surface area contributed by atoms with Crippen LogP contribution in [-0.4, -0.2) is 36.1 Å². The molecular formula is C13H18N2O3. The molecule has 0 saturated heterocycles. The minimum Gasteiger partial charge on any atom is -0.480 e. The second kappa shape index (κ2) is 5.64. The first-order chi connectivity index (χ1) is 8.38. The third-order valence-corrected chi connectivity index (χ3v) is 2.77. The number of likely N-dealkylation sites (N-methyl/N-ethyl adjacent to an activating group) is 1. The van der Waals surface area contributed by atoms with Gasteiger partial charge in [0.25, 0.3) is 0 Å². The van der Waals surface area contributed by atoms with E-state index in [1.165, 1.54) is 4.90 Å². The quantitative estimate of drug-likeness (QED) is 0.821. The van der Waals surface area contributed by atoms with Crippen LogP contribution in [0.1, 0.15) is 13.8 Å². The zero-order valence-corrected chi connectivity index (χ0v) is 10.8. The van der Waals surface area contributed by atoms with Gasteiger partial charge in [0, 0.05) is 5.69 Å². The minimum absolute atomic E-state index is 0.279. The minimum atomic E-state index is -1.04. The predicted molar refractivity (Wildman–Crippen MR) is 69.6 cm³/mol. The van der Waals surface area contributed by atoms with Gasteiger partial charge in [-0.3, -0.25) is 14.5 Å². The summed E-state index contributed by atoms with van der Waals surface area (Å²) in [4.78, 5) is 24.5. The molecule has 0 radical (unpaired) electrons. The van der Waals surface area contributed by atoms with E-state index in [-0.39, 0.29) is 12.5 Å². The summed E-state index contributed by atoms with van der Waals surface area (Å²) in [5, 5.41) is 11.8. The number of carboxylic acids is 1. The molecular weight excluding hydrogens is 232 g/mol. The van der Waals surface area contributed by atoms with Crippen LogP contribution in [-0.2, 0) is 9.59 Å². The molecule has 0 unspecified atom stereocenters. The molecule has 0 aromatic heterocycles. The lowest BCUT2D eigenvalue weighted by Gasteiger charge is -2.30. The Kier molecular flexibility index (Phi) is 4.44. The number of carbonyl (C=O) groups excluding carboxylic acids is 1. The monoisotopic (exact) mass is 250 g/mol. The van der Waals surface area contributed by atoms with Crippen LogP contribution >= 0.6 is 0 Å². The number of nitrogens with one attached hydrogen (secondary N) is 1. The summed E-state index contributed by atoms with van der Waals surface area (Å²) >= 11 is 0. The molecule has 0 saturated carbocycles. The summed E-state index contributed by atoms with van der Waals surface area (Å²) in [6.45, 7) is 3.08. The lowest BCUT2D eigenvalue weighted by Crippen LogP contribution is -2.54. The lowest BCUT2D eigenvalue weighted by atomic mass is 10.0. The SMILES string of the molecule is CNC(C)(C)C(=O)N(CC(=O)O)c1ccccc1. The zero-order chi connectivity index (χ0) is 13.8. The number of para-hydroxylation sites is 1. The molecule has 0 aliphatic heterocycles. The normalized spacial score (nSPS) is 11.1. The maximum atomic E-state index is 12.3. The number of carbonyl (C=O) groups is 2. The van der Waals surface area contributed by atoms with E-state index in [1.807, 2.05) is 6.07 Å². The molecule has 0 aliphatic rings. The fraction of sp³-hybridized carbons (Fsp3) is 0.385. The van der Waals surface area contributed by atoms with Crippen LogP contribution in [0.2, 0.25) is 0 Å². The van der Waals surface area contributed by atoms with E-state index in [0.717, 1.165) is 0 Å². The van der Waals surface area contributed by atoms with E-state index in [0.29, 0.717) is 5.69 Å². The molecule has 1 aromatic carbocycles. The number of amides is 1. The summed E-state index contributed by atoms with van der Waals surface area (Å²) in [6.07, 6.45) is 0. The van der Waals surface area contributed by atoms with E-state index in [2.05, 4.69) is 5.32 Å². The number of hydrogen-bond acceptors (Lipinski definition) is 3. The summed E-state index contributed by atoms with van der Waals surface area (Å²) < 4.78 is 0. The standard InChI is InChI=1S/C13H18N2O3/c1-13(2,14-3)12(18)15(9-11(16)17)10-7-5-4-6-8-10/h4-8,14H,9H2,1-3H3,(H,16,17). The van der Waals surface area contributed by atoms with Gasteiger partial charge in [-0.1, -0.05) is 18.2 Å². The molecule has 0 fully saturated rings. The Labute approximate surface area is 106 Å². The Morgan fingerprint density at radius 1 is 1.28 bits per heavy atom. The molecule has 0 aliphatic carbocycles. The first-order valence-electron chi connectivity index (χ1n) is 5.66. The highest BCUT2D eigenvalue weighted by Crippen LogP contribution is 2.17. The fourth-order valence-corrected chi connectivity index (χ4v) is 1.47. The van der Waals surface area contributed by atoms with Gasteiger partial charge >= 0.3 is 5.97 Å². The van der Waals surface area contributed by atoms with Crippen LogP contribution in [0.4, 0.5) is 5.69 Å². The van der Waals surface area contributed by atoms with E-state index in [9.17, 15) is 9.59 Å². The van der Waals surface area contributed by atoms with Crippen molar-refractivity contribution in [3.63, 3.8) is 0 Å². The van der Waals surface area contributed by atoms with Gasteiger partial charge in [0.15, 0.2) is 0 Å². The van der Waals surface area contributed by atoms with E-state index in [1.54, 1.807) is 45.2 Å². The predicted octanol–water partition coefficient (Wildman–Crippen LogP) is 1.10. The van der Waals surface area contributed by atoms with Crippen molar-refractivity contribution in [3.8, 4) is 0 Å². The Hall–Kier alpha value is -1.88. The maximum absolute atomic E-state index is 12.3. The molecule has 5 nitrogen and oxygen atoms in total. The fourth-order valence-electron chi connectivity index (χ4n) is 1.47. The molecule has 1 amide bonds. The number of anilines is 1. The van der Waals surface area contributed by atoms with Crippen LogP contribution in [0.25, 0.3) is 0 Å². The number of nitrogens with zero attached hydrogens (tertiary/aromatic N) is 1. The van der Waals surface area contributed by atoms with Crippen LogP contribution in [0.5, 0.6) is 0 Å². The highest BCUT2D eigenvalue weighted by molar-refractivity contribution is 6.02. The van der Waals surface area contributed by atoms with Crippen molar-refractivity contribution >= 4 is 17.6 Å². The lowest BCUT2D eigenvalue weighted by molar-refractivity contribution is -0.137. The highest BCUT2D eigenvalue weighted by Gasteiger charge is 2.32. The van der Waals surface area contributed by atoms with Crippen molar-refractivity contribution in [1.29, 1.82) is 0 Å². The van der Waals surface area contributed by atoms with Gasteiger partial charge in [0.1, 0.15) is 6.54 Å². The third kappa shape index (κ3) is 3.30. The Bertz CT molecular complexity index is 429. The highest BCUT2D eigenvalue weighted by atomic mass is 16.4. The topological polar surface area (TPSA) is 69.6 Å². The largest absolute Gasteiger partial charge is 0.480 e. The summed E-state index contributed by atoms with van der Waals surface area (Å²) in [5.74, 6) is -1.32. The van der Waals surface area contributed by atoms with Crippen molar-refractivity contribution in [2.45, 2.75) is 19.4 Å². The molecule has 0 heterocycles. The molecule has 1 aromatic rings. The van der Waals surface area contributed by atoms with Gasteiger partial charge in [-0.25, -0.2) is 0 Å². The van der Waals surface area contributed by atoms with Crippen LogP contribution < -0.4 is 10.2 Å². The first kappa shape index (κ1) is 14.2. The summed E-state index contributed by atoms with van der Waals surface area (Å²) in [5.41, 5.74) is -0.237. The van der Waals surface area contributed by atoms with E-state index < -0.39 is 11.5 Å². The average Bonchev–Trinajstić information content (AvgIpc) is 2.36. The van der Waals surface area contributed by atoms with Gasteiger partial charge in [0.05, 0.1) is 5.54 Å². The van der Waals surface area contributed by atoms with Gasteiger partial charge in [0.2, 0.25) is 5.91 Å². The van der Waals surface area contributed by atoms with Crippen molar-refractivity contribution in [2.75, 3.05) is 18.5 Å². The number of carboxylic acid groups (broad SMARTS) is 1. The molecule has 5 heteroatoms. The van der Waals surface area contributed by atoms with Crippen LogP contribution in [0.15, 0.2) is 30.3 Å². The van der Waals surface area contributed by atoms with Crippen molar-refractivity contribution < 1.29 is 14.7 Å². The molecule has 0 bridgehead atoms. The molecule has 0 atom stereocenters. The molecule has 0 spiro atoms. The smallest absolute Gasteiger partial charge is 0.323 e. The Morgan fingerprint density at radius 2 is 1.83 bits per heavy atom. The number of aliphatic carboxylic acids is 1. The summed E-state index contributed by atoms with van der Waals surface area (Å²) in [7, 11) is 1.67. The Balaban J connectivity index is 3.07. The van der Waals surface area contributed by atoms with Gasteiger partial charge in [-0.05, 0) is 33.0 Å². The maximum Gasteiger partial charge on any atom is 0.323 e. The molecule has 1 rings (SSSR count). The summed E-state index contributed by atoms with van der Waals surface area (Å²) in [6, 6.07) is 8.78. The van der Waals surface area contributed by atoms with Crippen molar-refractivity contribution in [2.24, 2.45) is 0 Å². The number of benzene rings is 1. The molecule has 2 N–H and O–H groups in total. The second-order valence-corrected chi connectivity index (χ2v) is 4.50. The number of rotatable bonds is 5. The van der Waals surface area contributed by atoms with Gasteiger partial charge < -0.3 is 10.4 Å². The van der Waals surface area contributed by atoms with E-state index >= 15 is 0 Å². The van der Waals surface area contributed by atoms with E-state index in [4.69, 9.17) is 5.11 Å². The van der Waals surface area contributed by atoms with Gasteiger partial charge in [-0.15, -0.1) is 0 Å². The second-order valence-electron chi connectivity index (χ2n) is 4.50.